The van der Waals surface area contributed by atoms with Gasteiger partial charge in [-0.15, -0.1) is 5.10 Å². The highest BCUT2D eigenvalue weighted by Gasteiger charge is 2.21. The van der Waals surface area contributed by atoms with Crippen molar-refractivity contribution in [2.45, 2.75) is 18.7 Å². The molecule has 8 nitrogen and oxygen atoms in total. The number of anilines is 1. The second-order valence-electron chi connectivity index (χ2n) is 6.19. The summed E-state index contributed by atoms with van der Waals surface area (Å²) >= 11 is 0. The molecule has 0 saturated carbocycles. The van der Waals surface area contributed by atoms with E-state index in [0.29, 0.717) is 18.8 Å². The summed E-state index contributed by atoms with van der Waals surface area (Å²) in [6, 6.07) is 13.5. The van der Waals surface area contributed by atoms with Crippen molar-refractivity contribution in [2.75, 3.05) is 25.0 Å². The van der Waals surface area contributed by atoms with Crippen LogP contribution in [0.2, 0.25) is 0 Å². The van der Waals surface area contributed by atoms with Gasteiger partial charge in [-0.05, 0) is 30.3 Å². The third-order valence-electron chi connectivity index (χ3n) is 4.36. The number of nitrogens with zero attached hydrogens (tertiary/aromatic N) is 3. The number of amides is 1. The molecule has 0 saturated heterocycles. The molecule has 1 aromatic heterocycles. The molecular weight excluding hydrogens is 392 g/mol. The van der Waals surface area contributed by atoms with Crippen molar-refractivity contribution in [1.82, 2.24) is 14.5 Å². The van der Waals surface area contributed by atoms with Crippen LogP contribution in [0.3, 0.4) is 0 Å². The Balaban J connectivity index is 1.64. The van der Waals surface area contributed by atoms with E-state index in [4.69, 9.17) is 4.74 Å². The second kappa shape index (κ2) is 8.97. The zero-order chi connectivity index (χ0) is 20.9. The number of nitrogens with one attached hydrogen (secondary N) is 1. The number of sulfonamides is 1. The van der Waals surface area contributed by atoms with E-state index in [9.17, 15) is 13.2 Å². The van der Waals surface area contributed by atoms with E-state index in [1.54, 1.807) is 32.2 Å². The Labute approximate surface area is 169 Å². The number of benzene rings is 2. The lowest BCUT2D eigenvalue weighted by molar-refractivity contribution is -0.118. The van der Waals surface area contributed by atoms with Gasteiger partial charge in [0.05, 0.1) is 11.1 Å². The fourth-order valence-corrected chi connectivity index (χ4v) is 4.32. The van der Waals surface area contributed by atoms with Gasteiger partial charge in [-0.2, -0.15) is 9.40 Å². The maximum absolute atomic E-state index is 12.5. The number of rotatable bonds is 8. The zero-order valence-electron chi connectivity index (χ0n) is 16.2. The first-order valence-corrected chi connectivity index (χ1v) is 10.6. The lowest BCUT2D eigenvalue weighted by Crippen LogP contribution is -2.30. The van der Waals surface area contributed by atoms with Gasteiger partial charge in [-0.25, -0.2) is 8.42 Å². The van der Waals surface area contributed by atoms with E-state index in [2.05, 4.69) is 15.5 Å². The zero-order valence-corrected chi connectivity index (χ0v) is 17.0. The molecular formula is C20H22N4O4S. The Morgan fingerprint density at radius 1 is 1.07 bits per heavy atom. The standard InChI is InChI=1S/C20H22N4O4S/c1-3-24(4-2)29(26,27)17-11-9-16(10-12-17)22-19(25)14-28-20-18-8-6-5-7-15(18)13-21-23-20/h5-13H,3-4,14H2,1-2H3,(H,22,25). The number of fused-ring (bicyclic) bond motifs is 1. The molecule has 0 aliphatic carbocycles. The van der Waals surface area contributed by atoms with Gasteiger partial charge in [0.25, 0.3) is 5.91 Å². The quantitative estimate of drug-likeness (QED) is 0.608. The summed E-state index contributed by atoms with van der Waals surface area (Å²) in [5.74, 6) is -0.113. The summed E-state index contributed by atoms with van der Waals surface area (Å²) in [5, 5.41) is 12.1. The van der Waals surface area contributed by atoms with E-state index in [0.717, 1.165) is 10.8 Å². The Bertz CT molecular complexity index is 1090. The Hall–Kier alpha value is -3.04. The fourth-order valence-electron chi connectivity index (χ4n) is 2.86. The smallest absolute Gasteiger partial charge is 0.262 e. The minimum atomic E-state index is -3.53. The van der Waals surface area contributed by atoms with Crippen molar-refractivity contribution < 1.29 is 17.9 Å². The van der Waals surface area contributed by atoms with Crippen LogP contribution in [0.15, 0.2) is 59.6 Å². The summed E-state index contributed by atoms with van der Waals surface area (Å²) in [5.41, 5.74) is 0.473. The van der Waals surface area contributed by atoms with Gasteiger partial charge in [0, 0.05) is 29.5 Å². The average Bonchev–Trinajstić information content (AvgIpc) is 2.73. The van der Waals surface area contributed by atoms with Crippen LogP contribution in [0.4, 0.5) is 5.69 Å². The molecule has 3 aromatic rings. The van der Waals surface area contributed by atoms with Gasteiger partial charge in [0.1, 0.15) is 0 Å². The molecule has 29 heavy (non-hydrogen) atoms. The Kier molecular flexibility index (Phi) is 6.40. The third-order valence-corrected chi connectivity index (χ3v) is 6.42. The normalized spacial score (nSPS) is 11.6. The summed E-state index contributed by atoms with van der Waals surface area (Å²) in [4.78, 5) is 12.4. The lowest BCUT2D eigenvalue weighted by Gasteiger charge is -2.18. The Morgan fingerprint density at radius 2 is 1.76 bits per heavy atom. The molecule has 0 aliphatic heterocycles. The number of hydrogen-bond acceptors (Lipinski definition) is 6. The third kappa shape index (κ3) is 4.69. The fraction of sp³-hybridized carbons (Fsp3) is 0.250. The van der Waals surface area contributed by atoms with Gasteiger partial charge >= 0.3 is 0 Å². The highest BCUT2D eigenvalue weighted by atomic mass is 32.2. The van der Waals surface area contributed by atoms with Gasteiger partial charge in [0.15, 0.2) is 6.61 Å². The molecule has 152 valence electrons. The maximum Gasteiger partial charge on any atom is 0.262 e. The summed E-state index contributed by atoms with van der Waals surface area (Å²) in [6.45, 7) is 4.12. The minimum absolute atomic E-state index is 0.182. The molecule has 0 bridgehead atoms. The van der Waals surface area contributed by atoms with Crippen molar-refractivity contribution in [3.8, 4) is 5.88 Å². The summed E-state index contributed by atoms with van der Waals surface area (Å²) in [6.07, 6.45) is 1.62. The molecule has 1 amide bonds. The number of ether oxygens (including phenoxy) is 1. The van der Waals surface area contributed by atoms with Gasteiger partial charge in [0.2, 0.25) is 15.9 Å². The van der Waals surface area contributed by atoms with Crippen LogP contribution in [0.5, 0.6) is 5.88 Å². The van der Waals surface area contributed by atoms with Crippen LogP contribution in [0.25, 0.3) is 10.8 Å². The molecule has 1 heterocycles. The van der Waals surface area contributed by atoms with Crippen LogP contribution in [0, 0.1) is 0 Å². The van der Waals surface area contributed by atoms with E-state index in [-0.39, 0.29) is 23.3 Å². The first kappa shape index (κ1) is 20.7. The van der Waals surface area contributed by atoms with Crippen LogP contribution in [0.1, 0.15) is 13.8 Å². The molecule has 0 aliphatic rings. The summed E-state index contributed by atoms with van der Waals surface area (Å²) in [7, 11) is -3.53. The number of carbonyl (C=O) groups is 1. The van der Waals surface area contributed by atoms with E-state index in [1.165, 1.54) is 16.4 Å². The molecule has 2 aromatic carbocycles. The van der Waals surface area contributed by atoms with E-state index < -0.39 is 10.0 Å². The Morgan fingerprint density at radius 3 is 2.45 bits per heavy atom. The van der Waals surface area contributed by atoms with Gasteiger partial charge in [-0.1, -0.05) is 32.0 Å². The summed E-state index contributed by atoms with van der Waals surface area (Å²) < 4.78 is 31.9. The van der Waals surface area contributed by atoms with E-state index in [1.807, 2.05) is 24.3 Å². The number of aromatic nitrogens is 2. The molecule has 0 unspecified atom stereocenters. The monoisotopic (exact) mass is 414 g/mol. The maximum atomic E-state index is 12.5. The van der Waals surface area contributed by atoms with Gasteiger partial charge in [-0.3, -0.25) is 4.79 Å². The molecule has 9 heteroatoms. The SMILES string of the molecule is CCN(CC)S(=O)(=O)c1ccc(NC(=O)COc2nncc3ccccc23)cc1. The molecule has 3 rings (SSSR count). The van der Waals surface area contributed by atoms with Crippen LogP contribution < -0.4 is 10.1 Å². The molecule has 0 fully saturated rings. The molecule has 0 atom stereocenters. The topological polar surface area (TPSA) is 101 Å². The first-order chi connectivity index (χ1) is 14.0. The molecule has 0 radical (unpaired) electrons. The highest BCUT2D eigenvalue weighted by molar-refractivity contribution is 7.89. The first-order valence-electron chi connectivity index (χ1n) is 9.19. The number of carbonyl (C=O) groups excluding carboxylic acids is 1. The predicted molar refractivity (Wildman–Crippen MR) is 110 cm³/mol. The largest absolute Gasteiger partial charge is 0.466 e. The number of hydrogen-bond donors (Lipinski definition) is 1. The minimum Gasteiger partial charge on any atom is -0.466 e. The van der Waals surface area contributed by atoms with Crippen LogP contribution in [-0.2, 0) is 14.8 Å². The van der Waals surface area contributed by atoms with E-state index >= 15 is 0 Å². The second-order valence-corrected chi connectivity index (χ2v) is 8.13. The average molecular weight is 414 g/mol. The van der Waals surface area contributed by atoms with Crippen molar-refractivity contribution in [2.24, 2.45) is 0 Å². The van der Waals surface area contributed by atoms with Crippen LogP contribution in [-0.4, -0.2) is 48.5 Å². The van der Waals surface area contributed by atoms with Crippen LogP contribution >= 0.6 is 0 Å². The van der Waals surface area contributed by atoms with Crippen molar-refractivity contribution >= 4 is 32.4 Å². The van der Waals surface area contributed by atoms with Crippen molar-refractivity contribution in [3.63, 3.8) is 0 Å². The predicted octanol–water partition coefficient (Wildman–Crippen LogP) is 2.68. The molecule has 0 spiro atoms. The van der Waals surface area contributed by atoms with Crippen molar-refractivity contribution in [3.05, 3.63) is 54.7 Å². The lowest BCUT2D eigenvalue weighted by atomic mass is 10.2. The highest BCUT2D eigenvalue weighted by Crippen LogP contribution is 2.21. The van der Waals surface area contributed by atoms with Gasteiger partial charge < -0.3 is 10.1 Å². The molecule has 1 N–H and O–H groups in total. The van der Waals surface area contributed by atoms with Crippen molar-refractivity contribution in [1.29, 1.82) is 0 Å².